The molecule has 2 fully saturated rings. The van der Waals surface area contributed by atoms with E-state index in [1.54, 1.807) is 7.05 Å². The summed E-state index contributed by atoms with van der Waals surface area (Å²) in [6.07, 6.45) is 7.63. The van der Waals surface area contributed by atoms with Crippen molar-refractivity contribution in [3.63, 3.8) is 0 Å². The Morgan fingerprint density at radius 2 is 1.82 bits per heavy atom. The van der Waals surface area contributed by atoms with Crippen LogP contribution in [0.4, 0.5) is 0 Å². The first-order valence-electron chi connectivity index (χ1n) is 13.5. The number of likely N-dealkylation sites (tertiary alicyclic amines) is 1. The second kappa shape index (κ2) is 13.2. The minimum absolute atomic E-state index is 0.0757. The van der Waals surface area contributed by atoms with Crippen LogP contribution in [0.5, 0.6) is 0 Å². The predicted molar refractivity (Wildman–Crippen MR) is 139 cm³/mol. The number of rotatable bonds is 11. The molecule has 2 amide bonds. The van der Waals surface area contributed by atoms with Gasteiger partial charge >= 0.3 is 0 Å². The molecule has 0 aromatic heterocycles. The topological polar surface area (TPSA) is 64.7 Å². The molecule has 0 bridgehead atoms. The Morgan fingerprint density at radius 1 is 1.12 bits per heavy atom. The van der Waals surface area contributed by atoms with Crippen molar-refractivity contribution < 1.29 is 9.59 Å². The van der Waals surface area contributed by atoms with Gasteiger partial charge in [-0.1, -0.05) is 63.4 Å². The lowest BCUT2D eigenvalue weighted by atomic mass is 9.83. The van der Waals surface area contributed by atoms with Crippen LogP contribution in [0.2, 0.25) is 0 Å². The number of nitrogens with one attached hydrogen (secondary N) is 2. The van der Waals surface area contributed by atoms with Crippen molar-refractivity contribution in [1.82, 2.24) is 20.4 Å². The van der Waals surface area contributed by atoms with Gasteiger partial charge in [0.25, 0.3) is 0 Å². The molecule has 2 aliphatic rings. The maximum Gasteiger partial charge on any atom is 0.245 e. The molecule has 1 aliphatic heterocycles. The lowest BCUT2D eigenvalue weighted by Crippen LogP contribution is -2.58. The zero-order valence-corrected chi connectivity index (χ0v) is 21.8. The second-order valence-electron chi connectivity index (χ2n) is 10.4. The van der Waals surface area contributed by atoms with Gasteiger partial charge in [-0.25, -0.2) is 0 Å². The van der Waals surface area contributed by atoms with E-state index in [0.717, 1.165) is 64.7 Å². The number of nitrogens with zero attached hydrogens (tertiary/aromatic N) is 2. The van der Waals surface area contributed by atoms with E-state index in [4.69, 9.17) is 0 Å². The molecule has 6 nitrogen and oxygen atoms in total. The van der Waals surface area contributed by atoms with E-state index in [9.17, 15) is 9.59 Å². The Morgan fingerprint density at radius 3 is 2.47 bits per heavy atom. The third-order valence-electron chi connectivity index (χ3n) is 8.13. The molecule has 1 saturated carbocycles. The van der Waals surface area contributed by atoms with Gasteiger partial charge in [-0.2, -0.15) is 0 Å². The monoisotopic (exact) mass is 470 g/mol. The average Bonchev–Trinajstić information content (AvgIpc) is 3.24. The van der Waals surface area contributed by atoms with Crippen molar-refractivity contribution in [3.05, 3.63) is 35.9 Å². The summed E-state index contributed by atoms with van der Waals surface area (Å²) >= 11 is 0. The second-order valence-corrected chi connectivity index (χ2v) is 10.4. The van der Waals surface area contributed by atoms with Crippen LogP contribution < -0.4 is 10.6 Å². The molecule has 34 heavy (non-hydrogen) atoms. The quantitative estimate of drug-likeness (QED) is 0.520. The normalized spacial score (nSPS) is 23.1. The van der Waals surface area contributed by atoms with Crippen LogP contribution in [0, 0.1) is 11.8 Å². The Labute approximate surface area is 206 Å². The van der Waals surface area contributed by atoms with Gasteiger partial charge in [0, 0.05) is 25.7 Å². The molecule has 1 saturated heterocycles. The molecule has 0 spiro atoms. The molecule has 1 aromatic rings. The molecule has 4 atom stereocenters. The van der Waals surface area contributed by atoms with Gasteiger partial charge in [0.1, 0.15) is 6.04 Å². The number of carbonyl (C=O) groups excluding carboxylic acids is 2. The van der Waals surface area contributed by atoms with E-state index in [2.05, 4.69) is 64.6 Å². The predicted octanol–water partition coefficient (Wildman–Crippen LogP) is 3.46. The first kappa shape index (κ1) is 26.7. The van der Waals surface area contributed by atoms with Gasteiger partial charge < -0.3 is 20.4 Å². The van der Waals surface area contributed by atoms with Crippen LogP contribution >= 0.6 is 0 Å². The maximum atomic E-state index is 14.0. The van der Waals surface area contributed by atoms with Gasteiger partial charge in [-0.3, -0.25) is 9.59 Å². The summed E-state index contributed by atoms with van der Waals surface area (Å²) in [5.74, 6) is 0.769. The minimum atomic E-state index is -0.407. The fourth-order valence-electron chi connectivity index (χ4n) is 5.57. The fourth-order valence-corrected chi connectivity index (χ4v) is 5.57. The number of hydrogen-bond acceptors (Lipinski definition) is 4. The van der Waals surface area contributed by atoms with Gasteiger partial charge in [0.15, 0.2) is 0 Å². The van der Waals surface area contributed by atoms with Gasteiger partial charge in [0.05, 0.1) is 6.04 Å². The maximum absolute atomic E-state index is 14.0. The molecule has 1 heterocycles. The number of amides is 2. The van der Waals surface area contributed by atoms with Crippen molar-refractivity contribution in [2.75, 3.05) is 33.2 Å². The highest BCUT2D eigenvalue weighted by Crippen LogP contribution is 2.31. The summed E-state index contributed by atoms with van der Waals surface area (Å²) in [6, 6.07) is 10.1. The lowest BCUT2D eigenvalue weighted by molar-refractivity contribution is -0.140. The highest BCUT2D eigenvalue weighted by molar-refractivity contribution is 5.90. The zero-order chi connectivity index (χ0) is 24.5. The molecule has 6 heteroatoms. The van der Waals surface area contributed by atoms with Gasteiger partial charge in [-0.05, 0) is 63.6 Å². The number of benzene rings is 1. The smallest absolute Gasteiger partial charge is 0.245 e. The Kier molecular flexibility index (Phi) is 10.4. The van der Waals surface area contributed by atoms with E-state index in [-0.39, 0.29) is 29.8 Å². The molecule has 1 unspecified atom stereocenters. The first-order chi connectivity index (χ1) is 16.4. The van der Waals surface area contributed by atoms with Crippen molar-refractivity contribution in [1.29, 1.82) is 0 Å². The summed E-state index contributed by atoms with van der Waals surface area (Å²) in [6.45, 7) is 10.00. The summed E-state index contributed by atoms with van der Waals surface area (Å²) in [7, 11) is 1.79. The van der Waals surface area contributed by atoms with Crippen LogP contribution in [0.3, 0.4) is 0 Å². The first-order valence-corrected chi connectivity index (χ1v) is 13.5. The largest absolute Gasteiger partial charge is 0.343 e. The van der Waals surface area contributed by atoms with Crippen molar-refractivity contribution in [3.8, 4) is 0 Å². The summed E-state index contributed by atoms with van der Waals surface area (Å²) in [4.78, 5) is 31.3. The number of carbonyl (C=O) groups is 2. The SMILES string of the molecule is CCN(CCc1ccccc1)C[C@@H]1[C@H](C)CCN1C(=O)[C@@H](NC(=O)C(C)NC)C1CCCCC1. The lowest BCUT2D eigenvalue weighted by Gasteiger charge is -2.37. The van der Waals surface area contributed by atoms with Crippen LogP contribution in [0.15, 0.2) is 30.3 Å². The van der Waals surface area contributed by atoms with E-state index < -0.39 is 6.04 Å². The number of likely N-dealkylation sites (N-methyl/N-ethyl adjacent to an activating group) is 2. The van der Waals surface area contributed by atoms with E-state index in [1.807, 2.05) is 6.92 Å². The highest BCUT2D eigenvalue weighted by Gasteiger charge is 2.41. The van der Waals surface area contributed by atoms with Crippen LogP contribution in [-0.2, 0) is 16.0 Å². The van der Waals surface area contributed by atoms with E-state index in [1.165, 1.54) is 12.0 Å². The zero-order valence-electron chi connectivity index (χ0n) is 21.8. The molecule has 3 rings (SSSR count). The molecule has 0 radical (unpaired) electrons. The fraction of sp³-hybridized carbons (Fsp3) is 0.714. The molecule has 190 valence electrons. The summed E-state index contributed by atoms with van der Waals surface area (Å²) in [5, 5.41) is 6.17. The standard InChI is InChI=1S/C28H46N4O2/c1-5-31(18-17-23-12-8-6-9-13-23)20-25-21(2)16-19-32(25)28(34)26(24-14-10-7-11-15-24)30-27(33)22(3)29-4/h6,8-9,12-13,21-22,24-26,29H,5,7,10-11,14-20H2,1-4H3,(H,30,33)/t21-,22?,25-,26+/m1/s1. The van der Waals surface area contributed by atoms with Gasteiger partial charge in [-0.15, -0.1) is 0 Å². The molecule has 2 N–H and O–H groups in total. The van der Waals surface area contributed by atoms with Crippen molar-refractivity contribution in [2.45, 2.75) is 83.8 Å². The summed E-state index contributed by atoms with van der Waals surface area (Å²) in [5.41, 5.74) is 1.35. The van der Waals surface area contributed by atoms with Crippen LogP contribution in [0.25, 0.3) is 0 Å². The van der Waals surface area contributed by atoms with Crippen molar-refractivity contribution in [2.24, 2.45) is 11.8 Å². The van der Waals surface area contributed by atoms with Gasteiger partial charge in [0.2, 0.25) is 11.8 Å². The average molecular weight is 471 g/mol. The molecule has 1 aliphatic carbocycles. The summed E-state index contributed by atoms with van der Waals surface area (Å²) < 4.78 is 0. The number of hydrogen-bond donors (Lipinski definition) is 2. The highest BCUT2D eigenvalue weighted by atomic mass is 16.2. The van der Waals surface area contributed by atoms with Crippen molar-refractivity contribution >= 4 is 11.8 Å². The van der Waals surface area contributed by atoms with Crippen LogP contribution in [0.1, 0.15) is 64.9 Å². The Balaban J connectivity index is 1.70. The molecular weight excluding hydrogens is 424 g/mol. The van der Waals surface area contributed by atoms with E-state index >= 15 is 0 Å². The Bertz CT molecular complexity index is 765. The Hall–Kier alpha value is -1.92. The molecular formula is C28H46N4O2. The molecule has 1 aromatic carbocycles. The van der Waals surface area contributed by atoms with Crippen LogP contribution in [-0.4, -0.2) is 73.0 Å². The minimum Gasteiger partial charge on any atom is -0.343 e. The third kappa shape index (κ3) is 7.05. The third-order valence-corrected chi connectivity index (χ3v) is 8.13. The van der Waals surface area contributed by atoms with E-state index in [0.29, 0.717) is 5.92 Å².